The quantitative estimate of drug-likeness (QED) is 0.611. The number of benzene rings is 1. The highest BCUT2D eigenvalue weighted by Crippen LogP contribution is 2.32. The van der Waals surface area contributed by atoms with Crippen LogP contribution in [-0.4, -0.2) is 19.4 Å². The molecule has 1 N–H and O–H groups in total. The molecule has 5 heteroatoms. The van der Waals surface area contributed by atoms with Gasteiger partial charge in [-0.2, -0.15) is 0 Å². The highest BCUT2D eigenvalue weighted by Gasteiger charge is 2.11. The molecule has 18 heavy (non-hydrogen) atoms. The number of hydrogen-bond acceptors (Lipinski definition) is 3. The first kappa shape index (κ1) is 15.6. The van der Waals surface area contributed by atoms with Gasteiger partial charge < -0.3 is 14.8 Å². The standard InChI is InChI=1S/C13H19Cl2NO2/c1-4-17-8-18-13-10(7-16-9(2)3)5-11(14)6-12(13)15/h5-6,9,16H,4,7-8H2,1-3H3. The molecule has 0 saturated carbocycles. The van der Waals surface area contributed by atoms with E-state index in [0.717, 1.165) is 5.56 Å². The molecule has 1 aromatic carbocycles. The summed E-state index contributed by atoms with van der Waals surface area (Å²) in [6.45, 7) is 7.50. The molecule has 1 aromatic rings. The molecule has 0 radical (unpaired) electrons. The van der Waals surface area contributed by atoms with Gasteiger partial charge in [-0.1, -0.05) is 37.0 Å². The van der Waals surface area contributed by atoms with Gasteiger partial charge in [-0.05, 0) is 19.1 Å². The Morgan fingerprint density at radius 3 is 2.61 bits per heavy atom. The maximum absolute atomic E-state index is 6.14. The Balaban J connectivity index is 2.83. The summed E-state index contributed by atoms with van der Waals surface area (Å²) >= 11 is 12.1. The molecule has 0 bridgehead atoms. The van der Waals surface area contributed by atoms with Crippen LogP contribution in [0.3, 0.4) is 0 Å². The van der Waals surface area contributed by atoms with Gasteiger partial charge in [0.1, 0.15) is 5.75 Å². The second-order valence-corrected chi connectivity index (χ2v) is 5.01. The van der Waals surface area contributed by atoms with Crippen LogP contribution in [0.4, 0.5) is 0 Å². The second kappa shape index (κ2) is 7.85. The van der Waals surface area contributed by atoms with Gasteiger partial charge >= 0.3 is 0 Å². The van der Waals surface area contributed by atoms with Gasteiger partial charge in [0.2, 0.25) is 0 Å². The van der Waals surface area contributed by atoms with Gasteiger partial charge in [0.05, 0.1) is 5.02 Å². The van der Waals surface area contributed by atoms with Crippen LogP contribution in [0.25, 0.3) is 0 Å². The molecule has 0 aromatic heterocycles. The first-order valence-corrected chi connectivity index (χ1v) is 6.72. The van der Waals surface area contributed by atoms with Crippen LogP contribution in [0.5, 0.6) is 5.75 Å². The van der Waals surface area contributed by atoms with Crippen molar-refractivity contribution in [2.24, 2.45) is 0 Å². The third-order valence-electron chi connectivity index (χ3n) is 2.28. The Kier molecular flexibility index (Phi) is 6.79. The molecule has 0 unspecified atom stereocenters. The molecule has 0 aliphatic heterocycles. The summed E-state index contributed by atoms with van der Waals surface area (Å²) in [5.41, 5.74) is 0.931. The molecule has 0 atom stereocenters. The van der Waals surface area contributed by atoms with E-state index >= 15 is 0 Å². The molecule has 0 aliphatic carbocycles. The first-order chi connectivity index (χ1) is 8.54. The fourth-order valence-corrected chi connectivity index (χ4v) is 1.99. The highest BCUT2D eigenvalue weighted by atomic mass is 35.5. The average molecular weight is 292 g/mol. The molecule has 0 fully saturated rings. The summed E-state index contributed by atoms with van der Waals surface area (Å²) in [6.07, 6.45) is 0. The lowest BCUT2D eigenvalue weighted by molar-refractivity contribution is 0.0218. The van der Waals surface area contributed by atoms with Crippen molar-refractivity contribution in [1.82, 2.24) is 5.32 Å². The van der Waals surface area contributed by atoms with Crippen molar-refractivity contribution in [2.75, 3.05) is 13.4 Å². The summed E-state index contributed by atoms with van der Waals surface area (Å²) in [7, 11) is 0. The predicted molar refractivity (Wildman–Crippen MR) is 75.6 cm³/mol. The van der Waals surface area contributed by atoms with Gasteiger partial charge in [0.15, 0.2) is 6.79 Å². The van der Waals surface area contributed by atoms with Crippen molar-refractivity contribution in [3.63, 3.8) is 0 Å². The molecule has 1 rings (SSSR count). The number of nitrogens with one attached hydrogen (secondary N) is 1. The lowest BCUT2D eigenvalue weighted by Crippen LogP contribution is -2.22. The number of hydrogen-bond donors (Lipinski definition) is 1. The van der Waals surface area contributed by atoms with Crippen molar-refractivity contribution < 1.29 is 9.47 Å². The lowest BCUT2D eigenvalue weighted by Gasteiger charge is -2.15. The Hall–Kier alpha value is -0.480. The van der Waals surface area contributed by atoms with Gasteiger partial charge in [-0.15, -0.1) is 0 Å². The van der Waals surface area contributed by atoms with E-state index in [4.69, 9.17) is 32.7 Å². The first-order valence-electron chi connectivity index (χ1n) is 5.96. The highest BCUT2D eigenvalue weighted by molar-refractivity contribution is 6.35. The summed E-state index contributed by atoms with van der Waals surface area (Å²) in [5, 5.41) is 4.41. The van der Waals surface area contributed by atoms with Crippen molar-refractivity contribution in [1.29, 1.82) is 0 Å². The molecule has 0 aliphatic rings. The summed E-state index contributed by atoms with van der Waals surface area (Å²) in [4.78, 5) is 0. The van der Waals surface area contributed by atoms with Crippen LogP contribution in [0, 0.1) is 0 Å². The fourth-order valence-electron chi connectivity index (χ4n) is 1.40. The minimum Gasteiger partial charge on any atom is -0.466 e. The van der Waals surface area contributed by atoms with Crippen LogP contribution in [0.15, 0.2) is 12.1 Å². The smallest absolute Gasteiger partial charge is 0.189 e. The molecular formula is C13H19Cl2NO2. The van der Waals surface area contributed by atoms with Crippen LogP contribution in [0.2, 0.25) is 10.0 Å². The van der Waals surface area contributed by atoms with Gasteiger partial charge in [0, 0.05) is 29.8 Å². The van der Waals surface area contributed by atoms with Crippen molar-refractivity contribution in [3.05, 3.63) is 27.7 Å². The van der Waals surface area contributed by atoms with Crippen LogP contribution >= 0.6 is 23.2 Å². The van der Waals surface area contributed by atoms with Gasteiger partial charge in [0.25, 0.3) is 0 Å². The van der Waals surface area contributed by atoms with Crippen LogP contribution in [-0.2, 0) is 11.3 Å². The zero-order valence-electron chi connectivity index (χ0n) is 10.9. The molecule has 0 amide bonds. The van der Waals surface area contributed by atoms with E-state index in [1.165, 1.54) is 0 Å². The minimum absolute atomic E-state index is 0.187. The summed E-state index contributed by atoms with van der Waals surface area (Å²) in [5.74, 6) is 0.627. The van der Waals surface area contributed by atoms with Gasteiger partial charge in [-0.3, -0.25) is 0 Å². The van der Waals surface area contributed by atoms with Gasteiger partial charge in [-0.25, -0.2) is 0 Å². The third-order valence-corrected chi connectivity index (χ3v) is 2.78. The van der Waals surface area contributed by atoms with E-state index in [0.29, 0.717) is 35.0 Å². The molecule has 0 saturated heterocycles. The van der Waals surface area contributed by atoms with Crippen molar-refractivity contribution >= 4 is 23.2 Å². The topological polar surface area (TPSA) is 30.5 Å². The summed E-state index contributed by atoms with van der Waals surface area (Å²) < 4.78 is 10.7. The molecular weight excluding hydrogens is 273 g/mol. The van der Waals surface area contributed by atoms with E-state index in [-0.39, 0.29) is 6.79 Å². The maximum atomic E-state index is 6.14. The third kappa shape index (κ3) is 5.02. The Morgan fingerprint density at radius 2 is 2.00 bits per heavy atom. The molecule has 3 nitrogen and oxygen atoms in total. The Labute approximate surface area is 118 Å². The normalized spacial score (nSPS) is 11.0. The summed E-state index contributed by atoms with van der Waals surface area (Å²) in [6, 6.07) is 3.90. The number of ether oxygens (including phenoxy) is 2. The van der Waals surface area contributed by atoms with Crippen molar-refractivity contribution in [2.45, 2.75) is 33.4 Å². The second-order valence-electron chi connectivity index (χ2n) is 4.17. The maximum Gasteiger partial charge on any atom is 0.189 e. The van der Waals surface area contributed by atoms with Crippen LogP contribution in [0.1, 0.15) is 26.3 Å². The molecule has 0 spiro atoms. The van der Waals surface area contributed by atoms with Crippen molar-refractivity contribution in [3.8, 4) is 5.75 Å². The zero-order chi connectivity index (χ0) is 13.5. The van der Waals surface area contributed by atoms with E-state index < -0.39 is 0 Å². The molecule has 0 heterocycles. The minimum atomic E-state index is 0.187. The number of halogens is 2. The van der Waals surface area contributed by atoms with E-state index in [1.54, 1.807) is 6.07 Å². The lowest BCUT2D eigenvalue weighted by atomic mass is 10.2. The van der Waals surface area contributed by atoms with Crippen LogP contribution < -0.4 is 10.1 Å². The van der Waals surface area contributed by atoms with E-state index in [1.807, 2.05) is 13.0 Å². The van der Waals surface area contributed by atoms with E-state index in [9.17, 15) is 0 Å². The fraction of sp³-hybridized carbons (Fsp3) is 0.538. The van der Waals surface area contributed by atoms with E-state index in [2.05, 4.69) is 19.2 Å². The molecule has 102 valence electrons. The Morgan fingerprint density at radius 1 is 1.28 bits per heavy atom. The number of rotatable bonds is 7. The SMILES string of the molecule is CCOCOc1c(Cl)cc(Cl)cc1CNC(C)C. The Bertz CT molecular complexity index is 383. The monoisotopic (exact) mass is 291 g/mol. The average Bonchev–Trinajstić information content (AvgIpc) is 2.29. The largest absolute Gasteiger partial charge is 0.466 e. The zero-order valence-corrected chi connectivity index (χ0v) is 12.4. The predicted octanol–water partition coefficient (Wildman–Crippen LogP) is 3.86.